The molecule has 4 heteroatoms. The fourth-order valence-corrected chi connectivity index (χ4v) is 2.68. The van der Waals surface area contributed by atoms with Crippen molar-refractivity contribution < 1.29 is 9.53 Å². The number of amides is 1. The highest BCUT2D eigenvalue weighted by Crippen LogP contribution is 2.25. The molecule has 0 bridgehead atoms. The van der Waals surface area contributed by atoms with E-state index in [1.807, 2.05) is 20.8 Å². The first kappa shape index (κ1) is 17.8. The van der Waals surface area contributed by atoms with Gasteiger partial charge in [-0.3, -0.25) is 0 Å². The largest absolute Gasteiger partial charge is 0.444 e. The minimum absolute atomic E-state index is 0.154. The molecule has 1 aliphatic heterocycles. The first-order valence-electron chi connectivity index (χ1n) is 8.38. The number of nitrogens with zero attached hydrogens (tertiary/aromatic N) is 1. The molecule has 0 radical (unpaired) electrons. The number of nitrogens with one attached hydrogen (secondary N) is 1. The molecule has 4 nitrogen and oxygen atoms in total. The Morgan fingerprint density at radius 1 is 1.13 bits per heavy atom. The highest BCUT2D eigenvalue weighted by molar-refractivity contribution is 5.68. The van der Waals surface area contributed by atoms with Crippen LogP contribution in [0.25, 0.3) is 0 Å². The SMILES string of the molecule is CC(C)(C)OC(=O)N1CCNC(c2ccc(C(C)(C)C)cc2)C1. The van der Waals surface area contributed by atoms with Crippen molar-refractivity contribution in [2.45, 2.75) is 58.6 Å². The quantitative estimate of drug-likeness (QED) is 0.855. The van der Waals surface area contributed by atoms with Crippen LogP contribution in [0.1, 0.15) is 58.7 Å². The zero-order chi connectivity index (χ0) is 17.3. The fraction of sp³-hybridized carbons (Fsp3) is 0.632. The van der Waals surface area contributed by atoms with Gasteiger partial charge < -0.3 is 15.0 Å². The molecule has 128 valence electrons. The number of benzene rings is 1. The van der Waals surface area contributed by atoms with Crippen LogP contribution < -0.4 is 5.32 Å². The number of rotatable bonds is 1. The third-order valence-corrected chi connectivity index (χ3v) is 4.01. The predicted molar refractivity (Wildman–Crippen MR) is 93.7 cm³/mol. The fourth-order valence-electron chi connectivity index (χ4n) is 2.68. The first-order chi connectivity index (χ1) is 10.6. The van der Waals surface area contributed by atoms with Crippen LogP contribution in [0.3, 0.4) is 0 Å². The highest BCUT2D eigenvalue weighted by Gasteiger charge is 2.28. The Morgan fingerprint density at radius 3 is 2.26 bits per heavy atom. The van der Waals surface area contributed by atoms with Crippen LogP contribution in [0.2, 0.25) is 0 Å². The summed E-state index contributed by atoms with van der Waals surface area (Å²) in [7, 11) is 0. The number of hydrogen-bond donors (Lipinski definition) is 1. The van der Waals surface area contributed by atoms with Crippen LogP contribution in [0, 0.1) is 0 Å². The van der Waals surface area contributed by atoms with Crippen LogP contribution in [0.5, 0.6) is 0 Å². The van der Waals surface area contributed by atoms with E-state index in [0.29, 0.717) is 13.1 Å². The third kappa shape index (κ3) is 4.96. The molecule has 1 aromatic rings. The molecule has 1 aliphatic rings. The van der Waals surface area contributed by atoms with Crippen molar-refractivity contribution in [3.8, 4) is 0 Å². The van der Waals surface area contributed by atoms with Crippen molar-refractivity contribution in [1.29, 1.82) is 0 Å². The number of piperazine rings is 1. The Hall–Kier alpha value is -1.55. The van der Waals surface area contributed by atoms with Gasteiger partial charge in [0.1, 0.15) is 5.60 Å². The molecule has 0 spiro atoms. The molecule has 2 rings (SSSR count). The van der Waals surface area contributed by atoms with Gasteiger partial charge >= 0.3 is 6.09 Å². The van der Waals surface area contributed by atoms with Crippen molar-refractivity contribution in [3.63, 3.8) is 0 Å². The second-order valence-corrected chi connectivity index (χ2v) is 8.31. The van der Waals surface area contributed by atoms with Gasteiger partial charge in [-0.1, -0.05) is 45.0 Å². The summed E-state index contributed by atoms with van der Waals surface area (Å²) in [5.74, 6) is 0. The van der Waals surface area contributed by atoms with Crippen LogP contribution in [-0.4, -0.2) is 36.2 Å². The molecular weight excluding hydrogens is 288 g/mol. The van der Waals surface area contributed by atoms with Gasteiger partial charge in [-0.15, -0.1) is 0 Å². The molecule has 1 fully saturated rings. The molecule has 1 aromatic carbocycles. The molecule has 1 saturated heterocycles. The van der Waals surface area contributed by atoms with Gasteiger partial charge in [0, 0.05) is 19.6 Å². The Labute approximate surface area is 140 Å². The Balaban J connectivity index is 2.05. The maximum Gasteiger partial charge on any atom is 0.410 e. The summed E-state index contributed by atoms with van der Waals surface area (Å²) < 4.78 is 5.48. The summed E-state index contributed by atoms with van der Waals surface area (Å²) in [5.41, 5.74) is 2.24. The summed E-state index contributed by atoms with van der Waals surface area (Å²) in [4.78, 5) is 14.0. The highest BCUT2D eigenvalue weighted by atomic mass is 16.6. The molecule has 0 aliphatic carbocycles. The normalized spacial score (nSPS) is 19.6. The molecule has 23 heavy (non-hydrogen) atoms. The van der Waals surface area contributed by atoms with E-state index in [2.05, 4.69) is 50.4 Å². The van der Waals surface area contributed by atoms with Gasteiger partial charge in [-0.2, -0.15) is 0 Å². The van der Waals surface area contributed by atoms with Crippen molar-refractivity contribution in [3.05, 3.63) is 35.4 Å². The molecule has 0 saturated carbocycles. The van der Waals surface area contributed by atoms with E-state index in [1.54, 1.807) is 4.90 Å². The summed E-state index contributed by atoms with van der Waals surface area (Å²) in [6.07, 6.45) is -0.227. The van der Waals surface area contributed by atoms with E-state index in [4.69, 9.17) is 4.74 Å². The van der Waals surface area contributed by atoms with Crippen LogP contribution in [0.4, 0.5) is 4.79 Å². The summed E-state index contributed by atoms with van der Waals surface area (Å²) in [5, 5.41) is 3.49. The van der Waals surface area contributed by atoms with E-state index >= 15 is 0 Å². The number of carbonyl (C=O) groups is 1. The van der Waals surface area contributed by atoms with Gasteiger partial charge in [-0.25, -0.2) is 4.79 Å². The molecule has 1 amide bonds. The third-order valence-electron chi connectivity index (χ3n) is 4.01. The van der Waals surface area contributed by atoms with E-state index in [9.17, 15) is 4.79 Å². The van der Waals surface area contributed by atoms with Gasteiger partial charge in [-0.05, 0) is 37.3 Å². The molecule has 1 atom stereocenters. The summed E-state index contributed by atoms with van der Waals surface area (Å²) in [6, 6.07) is 8.85. The zero-order valence-electron chi connectivity index (χ0n) is 15.3. The minimum Gasteiger partial charge on any atom is -0.444 e. The van der Waals surface area contributed by atoms with Crippen molar-refractivity contribution in [1.82, 2.24) is 10.2 Å². The van der Waals surface area contributed by atoms with Crippen molar-refractivity contribution in [2.75, 3.05) is 19.6 Å². The maximum atomic E-state index is 12.3. The van der Waals surface area contributed by atoms with E-state index < -0.39 is 5.60 Å². The molecule has 1 unspecified atom stereocenters. The smallest absolute Gasteiger partial charge is 0.410 e. The summed E-state index contributed by atoms with van der Waals surface area (Å²) in [6.45, 7) is 14.4. The van der Waals surface area contributed by atoms with Crippen LogP contribution in [-0.2, 0) is 10.2 Å². The van der Waals surface area contributed by atoms with Gasteiger partial charge in [0.05, 0.1) is 6.04 Å². The number of carbonyl (C=O) groups excluding carboxylic acids is 1. The van der Waals surface area contributed by atoms with Crippen molar-refractivity contribution in [2.24, 2.45) is 0 Å². The molecule has 0 aromatic heterocycles. The van der Waals surface area contributed by atoms with Crippen LogP contribution in [0.15, 0.2) is 24.3 Å². The lowest BCUT2D eigenvalue weighted by atomic mass is 9.86. The van der Waals surface area contributed by atoms with Gasteiger partial charge in [0.15, 0.2) is 0 Å². The standard InChI is InChI=1S/C19H30N2O2/c1-18(2,3)15-9-7-14(8-10-15)16-13-21(12-11-20-16)17(22)23-19(4,5)6/h7-10,16,20H,11-13H2,1-6H3. The summed E-state index contributed by atoms with van der Waals surface area (Å²) >= 11 is 0. The average molecular weight is 318 g/mol. The second kappa shape index (κ2) is 6.52. The Morgan fingerprint density at radius 2 is 1.74 bits per heavy atom. The van der Waals surface area contributed by atoms with E-state index in [1.165, 1.54) is 11.1 Å². The average Bonchev–Trinajstić information content (AvgIpc) is 2.45. The lowest BCUT2D eigenvalue weighted by Gasteiger charge is -2.35. The maximum absolute atomic E-state index is 12.3. The lowest BCUT2D eigenvalue weighted by Crippen LogP contribution is -2.49. The Kier molecular flexibility index (Phi) is 5.04. The van der Waals surface area contributed by atoms with Crippen molar-refractivity contribution >= 4 is 6.09 Å². The molecule has 1 heterocycles. The second-order valence-electron chi connectivity index (χ2n) is 8.31. The minimum atomic E-state index is -0.453. The van der Waals surface area contributed by atoms with E-state index in [0.717, 1.165) is 6.54 Å². The number of ether oxygens (including phenoxy) is 1. The first-order valence-corrected chi connectivity index (χ1v) is 8.38. The van der Waals surface area contributed by atoms with Gasteiger partial charge in [0.2, 0.25) is 0 Å². The molecule has 1 N–H and O–H groups in total. The van der Waals surface area contributed by atoms with Gasteiger partial charge in [0.25, 0.3) is 0 Å². The predicted octanol–water partition coefficient (Wildman–Crippen LogP) is 3.87. The topological polar surface area (TPSA) is 41.6 Å². The number of hydrogen-bond acceptors (Lipinski definition) is 3. The van der Waals surface area contributed by atoms with E-state index in [-0.39, 0.29) is 17.6 Å². The zero-order valence-corrected chi connectivity index (χ0v) is 15.3. The Bertz CT molecular complexity index is 538. The monoisotopic (exact) mass is 318 g/mol. The molecular formula is C19H30N2O2. The van der Waals surface area contributed by atoms with Crippen LogP contribution >= 0.6 is 0 Å². The lowest BCUT2D eigenvalue weighted by molar-refractivity contribution is 0.0195.